The fourth-order valence-corrected chi connectivity index (χ4v) is 5.96. The van der Waals surface area contributed by atoms with E-state index in [0.717, 1.165) is 38.8 Å². The van der Waals surface area contributed by atoms with Crippen molar-refractivity contribution >= 4 is 26.7 Å². The molecule has 0 aliphatic carbocycles. The minimum absolute atomic E-state index is 0.00769. The van der Waals surface area contributed by atoms with E-state index in [-0.39, 0.29) is 37.1 Å². The zero-order valence-corrected chi connectivity index (χ0v) is 20.3. The lowest BCUT2D eigenvalue weighted by atomic mass is 10.0. The first-order valence-electron chi connectivity index (χ1n) is 11.5. The zero-order valence-electron chi connectivity index (χ0n) is 19.4. The van der Waals surface area contributed by atoms with Gasteiger partial charge in [-0.1, -0.05) is 42.5 Å². The first-order valence-corrected chi connectivity index (χ1v) is 12.9. The number of hydrogen-bond donors (Lipinski definition) is 0. The molecular weight excluding hydrogens is 505 g/mol. The molecule has 190 valence electrons. The Morgan fingerprint density at radius 2 is 1.70 bits per heavy atom. The summed E-state index contributed by atoms with van der Waals surface area (Å²) in [5.41, 5.74) is -0.215. The molecule has 5 rings (SSSR count). The van der Waals surface area contributed by atoms with E-state index < -0.39 is 26.7 Å². The second-order valence-electron chi connectivity index (χ2n) is 8.58. The number of halogens is 3. The summed E-state index contributed by atoms with van der Waals surface area (Å²) in [5, 5.41) is 11.6. The highest BCUT2D eigenvalue weighted by Gasteiger charge is 2.34. The molecule has 0 saturated carbocycles. The predicted molar refractivity (Wildman–Crippen MR) is 131 cm³/mol. The van der Waals surface area contributed by atoms with Crippen LogP contribution in [0.2, 0.25) is 0 Å². The number of oxazole rings is 1. The number of benzene rings is 3. The molecule has 0 N–H and O–H groups in total. The highest BCUT2D eigenvalue weighted by molar-refractivity contribution is 7.89. The number of rotatable bonds is 4. The molecule has 2 heterocycles. The van der Waals surface area contributed by atoms with Gasteiger partial charge in [-0.05, 0) is 41.5 Å². The molecule has 11 heteroatoms. The zero-order chi connectivity index (χ0) is 26.2. The lowest BCUT2D eigenvalue weighted by Gasteiger charge is -2.22. The Bertz CT molecular complexity index is 1600. The fraction of sp³-hybridized carbons (Fsp3) is 0.231. The third-order valence-electron chi connectivity index (χ3n) is 6.28. The van der Waals surface area contributed by atoms with Gasteiger partial charge in [-0.15, -0.1) is 0 Å². The largest absolute Gasteiger partial charge is 0.419 e. The average Bonchev–Trinajstić information content (AvgIpc) is 3.16. The molecule has 4 aromatic rings. The van der Waals surface area contributed by atoms with Gasteiger partial charge in [-0.3, -0.25) is 0 Å². The van der Waals surface area contributed by atoms with Gasteiger partial charge >= 0.3 is 6.18 Å². The van der Waals surface area contributed by atoms with Crippen LogP contribution in [0.25, 0.3) is 22.2 Å². The molecule has 1 fully saturated rings. The minimum atomic E-state index is -4.65. The lowest BCUT2D eigenvalue weighted by Crippen LogP contribution is -2.35. The number of sulfonamides is 1. The Hall–Kier alpha value is -3.88. The number of fused-ring (bicyclic) bond motifs is 1. The predicted octanol–water partition coefficient (Wildman–Crippen LogP) is 5.29. The second kappa shape index (κ2) is 9.53. The van der Waals surface area contributed by atoms with E-state index in [4.69, 9.17) is 4.42 Å². The van der Waals surface area contributed by atoms with Crippen LogP contribution in [-0.2, 0) is 16.2 Å². The second-order valence-corrected chi connectivity index (χ2v) is 10.5. The summed E-state index contributed by atoms with van der Waals surface area (Å²) in [6.45, 7) is 0.680. The van der Waals surface area contributed by atoms with Gasteiger partial charge in [0.25, 0.3) is 0 Å². The number of nitriles is 1. The molecule has 1 aliphatic rings. The molecule has 0 amide bonds. The molecule has 0 spiro atoms. The van der Waals surface area contributed by atoms with Crippen LogP contribution in [0.3, 0.4) is 0 Å². The van der Waals surface area contributed by atoms with E-state index in [1.807, 2.05) is 42.5 Å². The van der Waals surface area contributed by atoms with Crippen LogP contribution in [0, 0.1) is 11.3 Å². The first-order chi connectivity index (χ1) is 17.7. The number of anilines is 1. The van der Waals surface area contributed by atoms with Crippen LogP contribution >= 0.6 is 0 Å². The van der Waals surface area contributed by atoms with Crippen molar-refractivity contribution in [1.82, 2.24) is 9.29 Å². The van der Waals surface area contributed by atoms with E-state index in [2.05, 4.69) is 11.1 Å². The summed E-state index contributed by atoms with van der Waals surface area (Å²) in [7, 11) is -4.16. The van der Waals surface area contributed by atoms with Crippen LogP contribution in [0.4, 0.5) is 19.1 Å². The molecule has 37 heavy (non-hydrogen) atoms. The Morgan fingerprint density at radius 3 is 2.49 bits per heavy atom. The molecule has 7 nitrogen and oxygen atoms in total. The Morgan fingerprint density at radius 1 is 0.946 bits per heavy atom. The van der Waals surface area contributed by atoms with Crippen molar-refractivity contribution in [2.24, 2.45) is 0 Å². The summed E-state index contributed by atoms with van der Waals surface area (Å²) in [6.07, 6.45) is -4.27. The van der Waals surface area contributed by atoms with E-state index in [1.165, 1.54) is 0 Å². The summed E-state index contributed by atoms with van der Waals surface area (Å²) < 4.78 is 72.9. The van der Waals surface area contributed by atoms with Crippen molar-refractivity contribution in [3.05, 3.63) is 78.0 Å². The maximum atomic E-state index is 13.2. The first kappa shape index (κ1) is 24.8. The van der Waals surface area contributed by atoms with E-state index in [9.17, 15) is 26.9 Å². The van der Waals surface area contributed by atoms with Crippen molar-refractivity contribution < 1.29 is 26.0 Å². The fourth-order valence-electron chi connectivity index (χ4n) is 4.45. The SMILES string of the molecule is N#Cc1nc(-c2cccc3ccccc23)oc1N1CCCN(S(=O)(=O)c2cccc(C(F)(F)F)c2)CC1. The van der Waals surface area contributed by atoms with Crippen LogP contribution in [-0.4, -0.2) is 43.9 Å². The summed E-state index contributed by atoms with van der Waals surface area (Å²) >= 11 is 0. The van der Waals surface area contributed by atoms with Crippen molar-refractivity contribution in [3.63, 3.8) is 0 Å². The molecule has 0 atom stereocenters. The van der Waals surface area contributed by atoms with Gasteiger partial charge < -0.3 is 9.32 Å². The lowest BCUT2D eigenvalue weighted by molar-refractivity contribution is -0.137. The smallest absolute Gasteiger partial charge is 0.416 e. The summed E-state index contributed by atoms with van der Waals surface area (Å²) in [4.78, 5) is 5.74. The highest BCUT2D eigenvalue weighted by atomic mass is 32.2. The highest BCUT2D eigenvalue weighted by Crippen LogP contribution is 2.34. The number of aromatic nitrogens is 1. The molecule has 1 saturated heterocycles. The van der Waals surface area contributed by atoms with Crippen molar-refractivity contribution in [3.8, 4) is 17.5 Å². The van der Waals surface area contributed by atoms with Gasteiger partial charge in [0.15, 0.2) is 0 Å². The monoisotopic (exact) mass is 526 g/mol. The average molecular weight is 527 g/mol. The van der Waals surface area contributed by atoms with E-state index in [1.54, 1.807) is 4.90 Å². The molecule has 1 aromatic heterocycles. The standard InChI is InChI=1S/C26H21F3N4O3S/c27-26(28,29)19-8-4-9-20(16-19)37(34,35)33-13-5-12-32(14-15-33)25-23(17-30)31-24(36-25)22-11-3-7-18-6-1-2-10-21(18)22/h1-4,6-11,16H,5,12-15H2. The normalized spacial score (nSPS) is 15.5. The molecule has 3 aromatic carbocycles. The quantitative estimate of drug-likeness (QED) is 0.359. The number of alkyl halides is 3. The van der Waals surface area contributed by atoms with Gasteiger partial charge in [0.05, 0.1) is 10.5 Å². The van der Waals surface area contributed by atoms with Gasteiger partial charge in [-0.2, -0.15) is 27.7 Å². The van der Waals surface area contributed by atoms with Gasteiger partial charge in [0.2, 0.25) is 27.5 Å². The molecule has 0 bridgehead atoms. The van der Waals surface area contributed by atoms with Crippen LogP contribution in [0.15, 0.2) is 76.0 Å². The van der Waals surface area contributed by atoms with Gasteiger partial charge in [0.1, 0.15) is 6.07 Å². The van der Waals surface area contributed by atoms with Crippen LogP contribution in [0.1, 0.15) is 17.7 Å². The molecule has 1 aliphatic heterocycles. The van der Waals surface area contributed by atoms with Crippen molar-refractivity contribution in [1.29, 1.82) is 5.26 Å². The maximum absolute atomic E-state index is 13.2. The molecular formula is C26H21F3N4O3S. The van der Waals surface area contributed by atoms with Gasteiger partial charge in [-0.25, -0.2) is 8.42 Å². The number of hydrogen-bond acceptors (Lipinski definition) is 6. The Balaban J connectivity index is 1.41. The topological polar surface area (TPSA) is 90.4 Å². The van der Waals surface area contributed by atoms with Crippen LogP contribution in [0.5, 0.6) is 0 Å². The summed E-state index contributed by atoms with van der Waals surface area (Å²) in [6, 6.07) is 19.2. The van der Waals surface area contributed by atoms with Crippen LogP contribution < -0.4 is 4.90 Å². The summed E-state index contributed by atoms with van der Waals surface area (Å²) in [5.74, 6) is 0.518. The minimum Gasteiger partial charge on any atom is -0.419 e. The van der Waals surface area contributed by atoms with Gasteiger partial charge in [0, 0.05) is 31.7 Å². The third kappa shape index (κ3) is 4.77. The van der Waals surface area contributed by atoms with Crippen molar-refractivity contribution in [2.45, 2.75) is 17.5 Å². The van der Waals surface area contributed by atoms with E-state index in [0.29, 0.717) is 19.0 Å². The van der Waals surface area contributed by atoms with Crippen molar-refractivity contribution in [2.75, 3.05) is 31.1 Å². The third-order valence-corrected chi connectivity index (χ3v) is 8.17. The molecule has 0 unspecified atom stereocenters. The maximum Gasteiger partial charge on any atom is 0.416 e. The number of nitrogens with zero attached hydrogens (tertiary/aromatic N) is 4. The Labute approximate surface area is 211 Å². The molecule has 0 radical (unpaired) electrons. The van der Waals surface area contributed by atoms with E-state index >= 15 is 0 Å². The Kier molecular flexibility index (Phi) is 6.39.